The van der Waals surface area contributed by atoms with Gasteiger partial charge in [0.25, 0.3) is 12.0 Å². The number of alkyl halides is 2. The smallest absolute Gasteiger partial charge is 0.269 e. The molecule has 156 valence electrons. The zero-order valence-corrected chi connectivity index (χ0v) is 16.5. The number of nitrogens with zero attached hydrogens (tertiary/aromatic N) is 3. The molecule has 1 saturated carbocycles. The maximum atomic E-state index is 13.5. The molecule has 3 heterocycles. The van der Waals surface area contributed by atoms with Gasteiger partial charge in [-0.05, 0) is 55.1 Å². The molecule has 6 nitrogen and oxygen atoms in total. The molecule has 1 aliphatic heterocycles. The van der Waals surface area contributed by atoms with Crippen LogP contribution in [-0.2, 0) is 13.0 Å². The number of hydrogen-bond donors (Lipinski definition) is 2. The van der Waals surface area contributed by atoms with Crippen molar-refractivity contribution in [2.45, 2.75) is 51.1 Å². The maximum Gasteiger partial charge on any atom is 0.269 e. The van der Waals surface area contributed by atoms with E-state index in [4.69, 9.17) is 0 Å². The van der Waals surface area contributed by atoms with Gasteiger partial charge in [-0.2, -0.15) is 4.98 Å². The Balaban J connectivity index is 1.57. The first kappa shape index (κ1) is 19.1. The zero-order chi connectivity index (χ0) is 20.7. The van der Waals surface area contributed by atoms with Gasteiger partial charge in [-0.1, -0.05) is 18.9 Å². The average Bonchev–Trinajstić information content (AvgIpc) is 3.27. The summed E-state index contributed by atoms with van der Waals surface area (Å²) in [5.41, 5.74) is 2.71. The van der Waals surface area contributed by atoms with Gasteiger partial charge >= 0.3 is 0 Å². The fourth-order valence-corrected chi connectivity index (χ4v) is 4.54. The van der Waals surface area contributed by atoms with Crippen molar-refractivity contribution in [2.75, 3.05) is 11.9 Å². The first-order chi connectivity index (χ1) is 14.6. The Morgan fingerprint density at radius 2 is 2.00 bits per heavy atom. The van der Waals surface area contributed by atoms with E-state index in [0.717, 1.165) is 50.9 Å². The summed E-state index contributed by atoms with van der Waals surface area (Å²) < 4.78 is 28.4. The van der Waals surface area contributed by atoms with Gasteiger partial charge < -0.3 is 10.6 Å². The Morgan fingerprint density at radius 1 is 1.17 bits per heavy atom. The van der Waals surface area contributed by atoms with Crippen LogP contribution in [0.1, 0.15) is 54.8 Å². The molecule has 0 atom stereocenters. The van der Waals surface area contributed by atoms with E-state index in [-0.39, 0.29) is 6.04 Å². The van der Waals surface area contributed by atoms with E-state index in [1.807, 2.05) is 6.07 Å². The highest BCUT2D eigenvalue weighted by Gasteiger charge is 2.25. The van der Waals surface area contributed by atoms with E-state index < -0.39 is 17.5 Å². The van der Waals surface area contributed by atoms with E-state index >= 15 is 0 Å². The lowest BCUT2D eigenvalue weighted by molar-refractivity contribution is 0.149. The molecule has 5 rings (SSSR count). The van der Waals surface area contributed by atoms with Crippen LogP contribution in [0.2, 0.25) is 0 Å². The topological polar surface area (TPSA) is 71.8 Å². The molecule has 8 heteroatoms. The fraction of sp³-hybridized carbons (Fsp3) is 0.409. The van der Waals surface area contributed by atoms with Crippen molar-refractivity contribution in [3.8, 4) is 0 Å². The lowest BCUT2D eigenvalue weighted by atomic mass is 10.0. The van der Waals surface area contributed by atoms with Crippen molar-refractivity contribution in [1.29, 1.82) is 0 Å². The SMILES string of the molecule is O=c1c(C(F)F)cc2cnc(Nc3ccc4c(c3)CCNC4)nc2n1C1CCCC1. The molecule has 2 N–H and O–H groups in total. The number of hydrogen-bond acceptors (Lipinski definition) is 5. The first-order valence-electron chi connectivity index (χ1n) is 10.4. The number of halogens is 2. The van der Waals surface area contributed by atoms with Gasteiger partial charge in [0, 0.05) is 29.9 Å². The number of anilines is 2. The highest BCUT2D eigenvalue weighted by Crippen LogP contribution is 2.32. The van der Waals surface area contributed by atoms with Crippen LogP contribution in [0.25, 0.3) is 11.0 Å². The van der Waals surface area contributed by atoms with Gasteiger partial charge in [-0.15, -0.1) is 0 Å². The minimum absolute atomic E-state index is 0.0994. The van der Waals surface area contributed by atoms with Crippen molar-refractivity contribution in [1.82, 2.24) is 19.9 Å². The molecule has 2 aliphatic rings. The normalized spacial score (nSPS) is 16.9. The highest BCUT2D eigenvalue weighted by molar-refractivity contribution is 5.77. The molecule has 0 spiro atoms. The molecule has 3 aromatic rings. The molecule has 30 heavy (non-hydrogen) atoms. The number of nitrogens with one attached hydrogen (secondary N) is 2. The van der Waals surface area contributed by atoms with Gasteiger partial charge in [0.15, 0.2) is 0 Å². The van der Waals surface area contributed by atoms with E-state index in [9.17, 15) is 13.6 Å². The van der Waals surface area contributed by atoms with E-state index in [0.29, 0.717) is 17.0 Å². The molecular weight excluding hydrogens is 388 g/mol. The molecule has 1 aromatic carbocycles. The van der Waals surface area contributed by atoms with Gasteiger partial charge in [-0.25, -0.2) is 13.8 Å². The van der Waals surface area contributed by atoms with E-state index in [1.54, 1.807) is 0 Å². The minimum atomic E-state index is -2.82. The molecule has 2 aromatic heterocycles. The Morgan fingerprint density at radius 3 is 2.80 bits per heavy atom. The van der Waals surface area contributed by atoms with Crippen molar-refractivity contribution in [2.24, 2.45) is 0 Å². The summed E-state index contributed by atoms with van der Waals surface area (Å²) in [6, 6.07) is 7.27. The van der Waals surface area contributed by atoms with Crippen LogP contribution in [0.4, 0.5) is 20.4 Å². The largest absolute Gasteiger partial charge is 0.324 e. The lowest BCUT2D eigenvalue weighted by Crippen LogP contribution is -2.28. The molecule has 0 bridgehead atoms. The predicted octanol–water partition coefficient (Wildman–Crippen LogP) is 4.23. The van der Waals surface area contributed by atoms with Crippen LogP contribution >= 0.6 is 0 Å². The number of fused-ring (bicyclic) bond motifs is 2. The molecule has 0 radical (unpaired) electrons. The van der Waals surface area contributed by atoms with E-state index in [1.165, 1.54) is 28.0 Å². The van der Waals surface area contributed by atoms with Gasteiger partial charge in [-0.3, -0.25) is 9.36 Å². The van der Waals surface area contributed by atoms with Crippen molar-refractivity contribution in [3.05, 3.63) is 57.5 Å². The Hall–Kier alpha value is -2.87. The Bertz CT molecular complexity index is 1150. The Kier molecular flexibility index (Phi) is 4.94. The maximum absolute atomic E-state index is 13.5. The molecule has 1 aliphatic carbocycles. The van der Waals surface area contributed by atoms with Crippen LogP contribution in [-0.4, -0.2) is 21.1 Å². The molecule has 0 unspecified atom stereocenters. The number of rotatable bonds is 4. The molecule has 0 amide bonds. The zero-order valence-electron chi connectivity index (χ0n) is 16.5. The average molecular weight is 411 g/mol. The summed E-state index contributed by atoms with van der Waals surface area (Å²) in [5.74, 6) is 0.354. The van der Waals surface area contributed by atoms with Gasteiger partial charge in [0.1, 0.15) is 5.65 Å². The van der Waals surface area contributed by atoms with E-state index in [2.05, 4.69) is 32.7 Å². The minimum Gasteiger partial charge on any atom is -0.324 e. The van der Waals surface area contributed by atoms with Crippen molar-refractivity contribution >= 4 is 22.7 Å². The monoisotopic (exact) mass is 411 g/mol. The molecule has 1 fully saturated rings. The summed E-state index contributed by atoms with van der Waals surface area (Å²) in [6.07, 6.45) is 3.22. The highest BCUT2D eigenvalue weighted by atomic mass is 19.3. The Labute approximate surface area is 172 Å². The summed E-state index contributed by atoms with van der Waals surface area (Å²) in [4.78, 5) is 21.7. The summed E-state index contributed by atoms with van der Waals surface area (Å²) >= 11 is 0. The third-order valence-electron chi connectivity index (χ3n) is 6.07. The second-order valence-corrected chi connectivity index (χ2v) is 8.02. The quantitative estimate of drug-likeness (QED) is 0.672. The predicted molar refractivity (Wildman–Crippen MR) is 111 cm³/mol. The molecule has 0 saturated heterocycles. The number of benzene rings is 1. The van der Waals surface area contributed by atoms with Gasteiger partial charge in [0.05, 0.1) is 5.56 Å². The molecular formula is C22H23F2N5O. The summed E-state index contributed by atoms with van der Waals surface area (Å²) in [6.45, 7) is 1.81. The lowest BCUT2D eigenvalue weighted by Gasteiger charge is -2.19. The van der Waals surface area contributed by atoms with Crippen LogP contribution in [0, 0.1) is 0 Å². The summed E-state index contributed by atoms with van der Waals surface area (Å²) in [5, 5.41) is 7.02. The van der Waals surface area contributed by atoms with Crippen LogP contribution < -0.4 is 16.2 Å². The second kappa shape index (κ2) is 7.75. The first-order valence-corrected chi connectivity index (χ1v) is 10.4. The third kappa shape index (κ3) is 3.45. The standard InChI is InChI=1S/C22H23F2N5O/c23-19(24)18-10-15-12-26-22(27-16-6-5-14-11-25-8-7-13(14)9-16)28-20(15)29(21(18)30)17-3-1-2-4-17/h5-6,9-10,12,17,19,25H,1-4,7-8,11H2,(H,26,27,28). The number of aromatic nitrogens is 3. The van der Waals surface area contributed by atoms with Crippen molar-refractivity contribution in [3.63, 3.8) is 0 Å². The van der Waals surface area contributed by atoms with Crippen LogP contribution in [0.3, 0.4) is 0 Å². The summed E-state index contributed by atoms with van der Waals surface area (Å²) in [7, 11) is 0. The van der Waals surface area contributed by atoms with Crippen LogP contribution in [0.5, 0.6) is 0 Å². The number of pyridine rings is 1. The fourth-order valence-electron chi connectivity index (χ4n) is 4.54. The third-order valence-corrected chi connectivity index (χ3v) is 6.07. The van der Waals surface area contributed by atoms with Crippen LogP contribution in [0.15, 0.2) is 35.3 Å². The second-order valence-electron chi connectivity index (χ2n) is 8.02. The van der Waals surface area contributed by atoms with Gasteiger partial charge in [0.2, 0.25) is 5.95 Å². The van der Waals surface area contributed by atoms with Crippen molar-refractivity contribution < 1.29 is 8.78 Å².